The Morgan fingerprint density at radius 2 is 1.73 bits per heavy atom. The molecule has 1 saturated heterocycles. The SMILES string of the molecule is CC(C)c1cc(CCC2CCOCC2)cc(C(C)C)c1CC(=O)N=C=O. The first-order valence-corrected chi connectivity index (χ1v) is 9.76. The average molecular weight is 357 g/mol. The minimum atomic E-state index is -0.418. The van der Waals surface area contributed by atoms with Gasteiger partial charge in [0.15, 0.2) is 0 Å². The summed E-state index contributed by atoms with van der Waals surface area (Å²) in [5.41, 5.74) is 4.79. The molecule has 1 aromatic carbocycles. The lowest BCUT2D eigenvalue weighted by molar-refractivity contribution is -0.117. The van der Waals surface area contributed by atoms with Crippen LogP contribution in [0.5, 0.6) is 0 Å². The number of rotatable bonds is 7. The Morgan fingerprint density at radius 3 is 2.23 bits per heavy atom. The van der Waals surface area contributed by atoms with E-state index in [2.05, 4.69) is 44.8 Å². The van der Waals surface area contributed by atoms with Crippen LogP contribution in [0.2, 0.25) is 0 Å². The Hall–Kier alpha value is -1.77. The topological polar surface area (TPSA) is 55.7 Å². The van der Waals surface area contributed by atoms with Crippen LogP contribution in [-0.2, 0) is 27.2 Å². The fourth-order valence-corrected chi connectivity index (χ4v) is 3.81. The molecule has 142 valence electrons. The Bertz CT molecular complexity index is 637. The number of aryl methyl sites for hydroxylation is 1. The van der Waals surface area contributed by atoms with E-state index in [1.807, 2.05) is 0 Å². The molecule has 0 aliphatic carbocycles. The molecule has 0 atom stereocenters. The molecule has 0 bridgehead atoms. The number of benzene rings is 1. The van der Waals surface area contributed by atoms with Gasteiger partial charge >= 0.3 is 0 Å². The molecule has 0 N–H and O–H groups in total. The molecule has 1 aliphatic heterocycles. The van der Waals surface area contributed by atoms with Crippen molar-refractivity contribution in [1.29, 1.82) is 0 Å². The lowest BCUT2D eigenvalue weighted by Crippen LogP contribution is -2.16. The third-order valence-corrected chi connectivity index (χ3v) is 5.30. The van der Waals surface area contributed by atoms with Crippen LogP contribution in [0.1, 0.15) is 81.0 Å². The molecule has 1 amide bonds. The lowest BCUT2D eigenvalue weighted by atomic mass is 9.83. The summed E-state index contributed by atoms with van der Waals surface area (Å²) in [6.07, 6.45) is 6.11. The van der Waals surface area contributed by atoms with Crippen LogP contribution < -0.4 is 0 Å². The normalized spacial score (nSPS) is 15.3. The van der Waals surface area contributed by atoms with Crippen molar-refractivity contribution in [2.45, 2.75) is 71.6 Å². The van der Waals surface area contributed by atoms with Crippen LogP contribution >= 0.6 is 0 Å². The minimum absolute atomic E-state index is 0.177. The molecule has 0 unspecified atom stereocenters. The van der Waals surface area contributed by atoms with Crippen LogP contribution in [0.15, 0.2) is 17.1 Å². The zero-order valence-corrected chi connectivity index (χ0v) is 16.5. The van der Waals surface area contributed by atoms with Gasteiger partial charge in [0, 0.05) is 13.2 Å². The molecule has 4 nitrogen and oxygen atoms in total. The summed E-state index contributed by atoms with van der Waals surface area (Å²) in [5, 5.41) is 0. The molecular weight excluding hydrogens is 326 g/mol. The number of aliphatic imine (C=N–C) groups is 1. The van der Waals surface area contributed by atoms with Crippen molar-refractivity contribution < 1.29 is 14.3 Å². The van der Waals surface area contributed by atoms with Gasteiger partial charge in [-0.1, -0.05) is 39.8 Å². The van der Waals surface area contributed by atoms with Gasteiger partial charge in [0.2, 0.25) is 6.08 Å². The molecule has 4 heteroatoms. The molecular formula is C22H31NO3. The minimum Gasteiger partial charge on any atom is -0.381 e. The van der Waals surface area contributed by atoms with E-state index in [0.29, 0.717) is 11.8 Å². The van der Waals surface area contributed by atoms with Gasteiger partial charge in [-0.25, -0.2) is 4.79 Å². The van der Waals surface area contributed by atoms with Gasteiger partial charge in [-0.2, -0.15) is 0 Å². The number of hydrogen-bond acceptors (Lipinski definition) is 3. The molecule has 1 aromatic rings. The van der Waals surface area contributed by atoms with Gasteiger partial charge < -0.3 is 4.74 Å². The number of isocyanates is 1. The van der Waals surface area contributed by atoms with Crippen LogP contribution in [0.4, 0.5) is 0 Å². The molecule has 1 fully saturated rings. The summed E-state index contributed by atoms with van der Waals surface area (Å²) in [7, 11) is 0. The zero-order valence-electron chi connectivity index (χ0n) is 16.5. The lowest BCUT2D eigenvalue weighted by Gasteiger charge is -2.24. The Morgan fingerprint density at radius 1 is 1.15 bits per heavy atom. The molecule has 26 heavy (non-hydrogen) atoms. The predicted octanol–water partition coefficient (Wildman–Crippen LogP) is 4.70. The first-order valence-electron chi connectivity index (χ1n) is 9.76. The summed E-state index contributed by atoms with van der Waals surface area (Å²) >= 11 is 0. The van der Waals surface area contributed by atoms with Crippen molar-refractivity contribution >= 4 is 12.0 Å². The first-order chi connectivity index (χ1) is 12.4. The van der Waals surface area contributed by atoms with Crippen molar-refractivity contribution in [3.63, 3.8) is 0 Å². The summed E-state index contributed by atoms with van der Waals surface area (Å²) in [5.74, 6) is 0.966. The average Bonchev–Trinajstić information content (AvgIpc) is 2.61. The summed E-state index contributed by atoms with van der Waals surface area (Å²) in [6, 6.07) is 4.51. The van der Waals surface area contributed by atoms with Gasteiger partial charge in [-0.3, -0.25) is 4.79 Å². The number of ether oxygens (including phenoxy) is 1. The zero-order chi connectivity index (χ0) is 19.1. The molecule has 1 heterocycles. The van der Waals surface area contributed by atoms with E-state index in [4.69, 9.17) is 4.74 Å². The maximum Gasteiger partial charge on any atom is 0.260 e. The number of carbonyl (C=O) groups is 1. The van der Waals surface area contributed by atoms with Crippen LogP contribution in [0.3, 0.4) is 0 Å². The third-order valence-electron chi connectivity index (χ3n) is 5.30. The van der Waals surface area contributed by atoms with E-state index >= 15 is 0 Å². The number of nitrogens with zero attached hydrogens (tertiary/aromatic N) is 1. The van der Waals surface area contributed by atoms with Gasteiger partial charge in [0.1, 0.15) is 0 Å². The fourth-order valence-electron chi connectivity index (χ4n) is 3.81. The Kier molecular flexibility index (Phi) is 7.74. The number of carbonyl (C=O) groups excluding carboxylic acids is 2. The molecule has 0 saturated carbocycles. The number of hydrogen-bond donors (Lipinski definition) is 0. The van der Waals surface area contributed by atoms with E-state index in [0.717, 1.165) is 44.0 Å². The highest BCUT2D eigenvalue weighted by atomic mass is 16.5. The van der Waals surface area contributed by atoms with Crippen LogP contribution in [-0.4, -0.2) is 25.2 Å². The van der Waals surface area contributed by atoms with Crippen molar-refractivity contribution in [2.24, 2.45) is 10.9 Å². The van der Waals surface area contributed by atoms with E-state index in [9.17, 15) is 9.59 Å². The monoisotopic (exact) mass is 357 g/mol. The molecule has 0 spiro atoms. The molecule has 2 rings (SSSR count). The second kappa shape index (κ2) is 9.80. The second-order valence-corrected chi connectivity index (χ2v) is 7.93. The van der Waals surface area contributed by atoms with Gasteiger partial charge in [0.25, 0.3) is 5.91 Å². The fraction of sp³-hybridized carbons (Fsp3) is 0.636. The molecule has 0 radical (unpaired) electrons. The summed E-state index contributed by atoms with van der Waals surface area (Å²) < 4.78 is 5.46. The summed E-state index contributed by atoms with van der Waals surface area (Å²) in [4.78, 5) is 25.6. The predicted molar refractivity (Wildman–Crippen MR) is 103 cm³/mol. The first kappa shape index (κ1) is 20.5. The number of amides is 1. The highest BCUT2D eigenvalue weighted by Gasteiger charge is 2.19. The maximum absolute atomic E-state index is 11.9. The summed E-state index contributed by atoms with van der Waals surface area (Å²) in [6.45, 7) is 10.4. The smallest absolute Gasteiger partial charge is 0.260 e. The van der Waals surface area contributed by atoms with E-state index < -0.39 is 5.91 Å². The van der Waals surface area contributed by atoms with Crippen LogP contribution in [0.25, 0.3) is 0 Å². The Balaban J connectivity index is 2.29. The highest BCUT2D eigenvalue weighted by molar-refractivity contribution is 5.84. The quantitative estimate of drug-likeness (QED) is 0.525. The van der Waals surface area contributed by atoms with Crippen molar-refractivity contribution in [3.8, 4) is 0 Å². The third kappa shape index (κ3) is 5.62. The maximum atomic E-state index is 11.9. The molecule has 0 aromatic heterocycles. The van der Waals surface area contributed by atoms with E-state index in [-0.39, 0.29) is 6.42 Å². The second-order valence-electron chi connectivity index (χ2n) is 7.93. The van der Waals surface area contributed by atoms with E-state index in [1.165, 1.54) is 29.2 Å². The van der Waals surface area contributed by atoms with Gasteiger partial charge in [0.05, 0.1) is 6.42 Å². The van der Waals surface area contributed by atoms with Crippen LogP contribution in [0, 0.1) is 5.92 Å². The largest absolute Gasteiger partial charge is 0.381 e. The van der Waals surface area contributed by atoms with Crippen molar-refractivity contribution in [2.75, 3.05) is 13.2 Å². The van der Waals surface area contributed by atoms with Crippen molar-refractivity contribution in [3.05, 3.63) is 34.4 Å². The van der Waals surface area contributed by atoms with E-state index in [1.54, 1.807) is 0 Å². The molecule has 1 aliphatic rings. The Labute approximate surface area is 157 Å². The van der Waals surface area contributed by atoms with Crippen molar-refractivity contribution in [1.82, 2.24) is 0 Å². The van der Waals surface area contributed by atoms with Gasteiger partial charge in [-0.05, 0) is 65.7 Å². The highest BCUT2D eigenvalue weighted by Crippen LogP contribution is 2.31. The van der Waals surface area contributed by atoms with Gasteiger partial charge in [-0.15, -0.1) is 4.99 Å². The standard InChI is InChI=1S/C22H31NO3/c1-15(2)19-11-18(6-5-17-7-9-26-10-8-17)12-20(16(3)4)21(19)13-22(25)23-14-24/h11-12,15-17H,5-10,13H2,1-4H3.